The van der Waals surface area contributed by atoms with Crippen LogP contribution >= 0.6 is 0 Å². The Labute approximate surface area is 122 Å². The fraction of sp³-hybridized carbons (Fsp3) is 0.643. The topological polar surface area (TPSA) is 89.5 Å². The Morgan fingerprint density at radius 1 is 1.33 bits per heavy atom. The average molecular weight is 292 g/mol. The number of H-pyrrole nitrogens is 1. The lowest BCUT2D eigenvalue weighted by atomic mass is 10.0. The predicted octanol–water partition coefficient (Wildman–Crippen LogP) is 0.929. The lowest BCUT2D eigenvalue weighted by Crippen LogP contribution is -2.53. The van der Waals surface area contributed by atoms with E-state index in [1.165, 1.54) is 4.90 Å². The minimum atomic E-state index is -0.975. The first-order chi connectivity index (χ1) is 9.97. The number of likely N-dealkylation sites (tertiary alicyclic amines) is 1. The molecule has 0 aliphatic carbocycles. The van der Waals surface area contributed by atoms with E-state index >= 15 is 0 Å². The minimum Gasteiger partial charge on any atom is -0.480 e. The van der Waals surface area contributed by atoms with Crippen LogP contribution in [0.15, 0.2) is 6.33 Å². The van der Waals surface area contributed by atoms with Gasteiger partial charge in [0, 0.05) is 19.5 Å². The molecule has 2 aliphatic rings. The quantitative estimate of drug-likeness (QED) is 0.805. The van der Waals surface area contributed by atoms with Crippen LogP contribution in [0.3, 0.4) is 0 Å². The molecule has 0 bridgehead atoms. The number of carbonyl (C=O) groups excluding carboxylic acids is 1. The third-order valence-corrected chi connectivity index (χ3v) is 4.69. The summed E-state index contributed by atoms with van der Waals surface area (Å²) in [4.78, 5) is 34.5. The summed E-state index contributed by atoms with van der Waals surface area (Å²) in [6, 6.07) is -1.02. The highest BCUT2D eigenvalue weighted by Crippen LogP contribution is 2.27. The molecule has 1 saturated heterocycles. The van der Waals surface area contributed by atoms with Gasteiger partial charge in [-0.15, -0.1) is 0 Å². The van der Waals surface area contributed by atoms with Crippen LogP contribution in [0.5, 0.6) is 0 Å². The number of carbonyl (C=O) groups is 2. The van der Waals surface area contributed by atoms with Crippen molar-refractivity contribution in [2.75, 3.05) is 13.1 Å². The molecule has 2 aliphatic heterocycles. The first-order valence-corrected chi connectivity index (χ1v) is 7.26. The number of nitrogens with one attached hydrogen (secondary N) is 1. The Kier molecular flexibility index (Phi) is 3.35. The van der Waals surface area contributed by atoms with Crippen LogP contribution in [0.1, 0.15) is 25.2 Å². The van der Waals surface area contributed by atoms with Crippen molar-refractivity contribution in [1.82, 2.24) is 19.8 Å². The molecule has 3 atom stereocenters. The highest BCUT2D eigenvalue weighted by atomic mass is 16.4. The average Bonchev–Trinajstić information content (AvgIpc) is 3.03. The maximum absolute atomic E-state index is 12.7. The molecule has 1 fully saturated rings. The van der Waals surface area contributed by atoms with Crippen molar-refractivity contribution in [2.24, 2.45) is 11.8 Å². The number of aliphatic carboxylic acids is 1. The van der Waals surface area contributed by atoms with Crippen molar-refractivity contribution >= 4 is 12.0 Å². The molecule has 114 valence electrons. The molecule has 3 heterocycles. The van der Waals surface area contributed by atoms with Crippen LogP contribution in [-0.4, -0.2) is 56.0 Å². The van der Waals surface area contributed by atoms with Gasteiger partial charge in [-0.25, -0.2) is 14.6 Å². The van der Waals surface area contributed by atoms with E-state index in [4.69, 9.17) is 0 Å². The van der Waals surface area contributed by atoms with Crippen molar-refractivity contribution < 1.29 is 14.7 Å². The van der Waals surface area contributed by atoms with E-state index in [0.29, 0.717) is 24.9 Å². The van der Waals surface area contributed by atoms with E-state index < -0.39 is 12.0 Å². The van der Waals surface area contributed by atoms with Crippen LogP contribution in [0.4, 0.5) is 4.79 Å². The lowest BCUT2D eigenvalue weighted by molar-refractivity contribution is -0.142. The molecule has 0 radical (unpaired) electrons. The van der Waals surface area contributed by atoms with Gasteiger partial charge >= 0.3 is 12.0 Å². The summed E-state index contributed by atoms with van der Waals surface area (Å²) in [6.07, 6.45) is 1.82. The number of urea groups is 1. The number of imidazole rings is 1. The lowest BCUT2D eigenvalue weighted by Gasteiger charge is -2.35. The number of carboxylic acids is 1. The molecule has 0 spiro atoms. The molecule has 3 rings (SSSR count). The molecule has 1 aromatic heterocycles. The summed E-state index contributed by atoms with van der Waals surface area (Å²) in [5.41, 5.74) is 1.58. The second-order valence-corrected chi connectivity index (χ2v) is 6.16. The van der Waals surface area contributed by atoms with Crippen LogP contribution in [0.25, 0.3) is 0 Å². The van der Waals surface area contributed by atoms with Gasteiger partial charge in [0.1, 0.15) is 6.04 Å². The summed E-state index contributed by atoms with van der Waals surface area (Å²) in [7, 11) is 0. The zero-order valence-corrected chi connectivity index (χ0v) is 12.2. The number of carboxylic acid groups (broad SMARTS) is 1. The highest BCUT2D eigenvalue weighted by molar-refractivity contribution is 5.83. The van der Waals surface area contributed by atoms with Gasteiger partial charge in [-0.1, -0.05) is 13.8 Å². The van der Waals surface area contributed by atoms with Gasteiger partial charge in [0.2, 0.25) is 0 Å². The predicted molar refractivity (Wildman–Crippen MR) is 74.6 cm³/mol. The molecule has 7 nitrogen and oxygen atoms in total. The van der Waals surface area contributed by atoms with Gasteiger partial charge < -0.3 is 19.9 Å². The Balaban J connectivity index is 1.82. The maximum Gasteiger partial charge on any atom is 0.326 e. The van der Waals surface area contributed by atoms with Crippen molar-refractivity contribution in [1.29, 1.82) is 0 Å². The zero-order valence-electron chi connectivity index (χ0n) is 12.2. The van der Waals surface area contributed by atoms with E-state index in [0.717, 1.165) is 11.4 Å². The number of hydrogen-bond acceptors (Lipinski definition) is 3. The normalized spacial score (nSPS) is 28.6. The largest absolute Gasteiger partial charge is 0.480 e. The van der Waals surface area contributed by atoms with Crippen molar-refractivity contribution in [3.8, 4) is 0 Å². The fourth-order valence-electron chi connectivity index (χ4n) is 3.13. The third kappa shape index (κ3) is 2.36. The van der Waals surface area contributed by atoms with Crippen molar-refractivity contribution in [3.63, 3.8) is 0 Å². The van der Waals surface area contributed by atoms with Crippen LogP contribution < -0.4 is 0 Å². The van der Waals surface area contributed by atoms with Gasteiger partial charge in [-0.05, 0) is 11.8 Å². The van der Waals surface area contributed by atoms with Gasteiger partial charge in [0.25, 0.3) is 0 Å². The number of nitrogens with zero attached hydrogens (tertiary/aromatic N) is 3. The van der Waals surface area contributed by atoms with E-state index in [9.17, 15) is 14.7 Å². The summed E-state index contributed by atoms with van der Waals surface area (Å²) in [5.74, 6) is -0.0771. The molecular weight excluding hydrogens is 272 g/mol. The van der Waals surface area contributed by atoms with Crippen molar-refractivity contribution in [2.45, 2.75) is 32.9 Å². The molecule has 2 amide bonds. The molecule has 7 heteroatoms. The second kappa shape index (κ2) is 5.05. The SMILES string of the molecule is CC1CN(C(=O)N2Cc3[nH]cnc3CC2C(=O)O)CC1C. The molecular formula is C14H20N4O3. The number of aromatic amines is 1. The first kappa shape index (κ1) is 13.9. The third-order valence-electron chi connectivity index (χ3n) is 4.69. The number of amides is 2. The van der Waals surface area contributed by atoms with Crippen LogP contribution in [0, 0.1) is 11.8 Å². The summed E-state index contributed by atoms with van der Waals surface area (Å²) >= 11 is 0. The minimum absolute atomic E-state index is 0.182. The van der Waals surface area contributed by atoms with Gasteiger partial charge in [0.05, 0.1) is 24.3 Å². The Hall–Kier alpha value is -2.05. The molecule has 0 saturated carbocycles. The summed E-state index contributed by atoms with van der Waals surface area (Å²) in [5, 5.41) is 9.42. The van der Waals surface area contributed by atoms with Gasteiger partial charge in [0.15, 0.2) is 0 Å². The fourth-order valence-corrected chi connectivity index (χ4v) is 3.13. The smallest absolute Gasteiger partial charge is 0.326 e. The van der Waals surface area contributed by atoms with Gasteiger partial charge in [-0.2, -0.15) is 0 Å². The summed E-state index contributed by atoms with van der Waals surface area (Å²) in [6.45, 7) is 5.91. The second-order valence-electron chi connectivity index (χ2n) is 6.16. The van der Waals surface area contributed by atoms with E-state index in [1.807, 2.05) is 0 Å². The number of aromatic nitrogens is 2. The van der Waals surface area contributed by atoms with E-state index in [2.05, 4.69) is 23.8 Å². The number of rotatable bonds is 1. The first-order valence-electron chi connectivity index (χ1n) is 7.26. The van der Waals surface area contributed by atoms with Crippen LogP contribution in [0.2, 0.25) is 0 Å². The maximum atomic E-state index is 12.7. The standard InChI is InChI=1S/C14H20N4O3/c1-8-4-17(5-9(8)2)14(21)18-6-11-10(15-7-16-11)3-12(18)13(19)20/h7-9,12H,3-6H2,1-2H3,(H,15,16)(H,19,20). The molecule has 21 heavy (non-hydrogen) atoms. The molecule has 1 aromatic rings. The Morgan fingerprint density at radius 2 is 2.00 bits per heavy atom. The molecule has 3 unspecified atom stereocenters. The highest BCUT2D eigenvalue weighted by Gasteiger charge is 2.40. The van der Waals surface area contributed by atoms with Crippen molar-refractivity contribution in [3.05, 3.63) is 17.7 Å². The van der Waals surface area contributed by atoms with E-state index in [1.54, 1.807) is 11.2 Å². The summed E-state index contributed by atoms with van der Waals surface area (Å²) < 4.78 is 0. The molecule has 2 N–H and O–H groups in total. The Bertz CT molecular complexity index is 560. The molecule has 0 aromatic carbocycles. The zero-order chi connectivity index (χ0) is 15.1. The van der Waals surface area contributed by atoms with Gasteiger partial charge in [-0.3, -0.25) is 0 Å². The number of fused-ring (bicyclic) bond motifs is 1. The Morgan fingerprint density at radius 3 is 2.62 bits per heavy atom. The van der Waals surface area contributed by atoms with Crippen LogP contribution in [-0.2, 0) is 17.8 Å². The monoisotopic (exact) mass is 292 g/mol. The number of hydrogen-bond donors (Lipinski definition) is 2. The van der Waals surface area contributed by atoms with E-state index in [-0.39, 0.29) is 19.0 Å².